The number of carbonyl (C=O) groups is 1. The molecular weight excluding hydrogens is 254 g/mol. The molecule has 4 heteroatoms. The van der Waals surface area contributed by atoms with Gasteiger partial charge in [0, 0.05) is 5.56 Å². The van der Waals surface area contributed by atoms with E-state index < -0.39 is 5.97 Å². The number of carboxylic acids is 1. The molecule has 2 rings (SSSR count). The quantitative estimate of drug-likeness (QED) is 0.903. The maximum atomic E-state index is 11.3. The monoisotopic (exact) mass is 271 g/mol. The van der Waals surface area contributed by atoms with Gasteiger partial charge in [-0.15, -0.1) is 0 Å². The third-order valence-electron chi connectivity index (χ3n) is 2.91. The van der Waals surface area contributed by atoms with Gasteiger partial charge in [-0.1, -0.05) is 36.8 Å². The van der Waals surface area contributed by atoms with Crippen LogP contribution in [-0.2, 0) is 0 Å². The minimum atomic E-state index is -1.01. The van der Waals surface area contributed by atoms with E-state index in [1.54, 1.807) is 6.07 Å². The highest BCUT2D eigenvalue weighted by Gasteiger charge is 2.14. The van der Waals surface area contributed by atoms with Gasteiger partial charge in [0.25, 0.3) is 0 Å². The molecule has 0 aliphatic carbocycles. The Bertz CT molecular complexity index is 606. The Labute approximate surface area is 118 Å². The smallest absolute Gasteiger partial charge is 0.339 e. The van der Waals surface area contributed by atoms with Gasteiger partial charge in [-0.05, 0) is 19.4 Å². The largest absolute Gasteiger partial charge is 0.491 e. The van der Waals surface area contributed by atoms with Gasteiger partial charge in [-0.25, -0.2) is 4.79 Å². The van der Waals surface area contributed by atoms with Crippen molar-refractivity contribution in [3.63, 3.8) is 0 Å². The molecule has 4 nitrogen and oxygen atoms in total. The molecule has 0 atom stereocenters. The lowest BCUT2D eigenvalue weighted by atomic mass is 10.1. The van der Waals surface area contributed by atoms with Crippen LogP contribution in [0, 0.1) is 6.92 Å². The summed E-state index contributed by atoms with van der Waals surface area (Å²) >= 11 is 0. The third kappa shape index (κ3) is 3.15. The van der Waals surface area contributed by atoms with Crippen LogP contribution in [0.25, 0.3) is 11.3 Å². The molecule has 1 heterocycles. The minimum Gasteiger partial charge on any atom is -0.491 e. The van der Waals surface area contributed by atoms with Gasteiger partial charge < -0.3 is 9.84 Å². The molecule has 0 aliphatic rings. The molecule has 0 saturated carbocycles. The van der Waals surface area contributed by atoms with E-state index in [9.17, 15) is 9.90 Å². The number of ether oxygens (including phenoxy) is 1. The number of hydrogen-bond acceptors (Lipinski definition) is 3. The zero-order chi connectivity index (χ0) is 14.5. The van der Waals surface area contributed by atoms with E-state index >= 15 is 0 Å². The van der Waals surface area contributed by atoms with Crippen molar-refractivity contribution in [1.82, 2.24) is 4.98 Å². The Morgan fingerprint density at radius 2 is 2.00 bits per heavy atom. The summed E-state index contributed by atoms with van der Waals surface area (Å²) in [5.74, 6) is -0.693. The Morgan fingerprint density at radius 1 is 1.30 bits per heavy atom. The van der Waals surface area contributed by atoms with Crippen LogP contribution in [-0.4, -0.2) is 22.7 Å². The average Bonchev–Trinajstić information content (AvgIpc) is 2.45. The number of nitrogens with zero attached hydrogens (tertiary/aromatic N) is 1. The van der Waals surface area contributed by atoms with E-state index in [-0.39, 0.29) is 5.56 Å². The number of carboxylic acid groups (broad SMARTS) is 1. The summed E-state index contributed by atoms with van der Waals surface area (Å²) in [5, 5.41) is 9.27. The predicted molar refractivity (Wildman–Crippen MR) is 77.2 cm³/mol. The SMILES string of the molecule is CCCOc1cnc(-c2ccc(C)cc2)cc1C(=O)O. The number of aromatic nitrogens is 1. The van der Waals surface area contributed by atoms with Crippen LogP contribution < -0.4 is 4.74 Å². The molecule has 0 fully saturated rings. The topological polar surface area (TPSA) is 59.4 Å². The van der Waals surface area contributed by atoms with E-state index in [2.05, 4.69) is 4.98 Å². The van der Waals surface area contributed by atoms with Crippen molar-refractivity contribution in [2.75, 3.05) is 6.61 Å². The van der Waals surface area contributed by atoms with Crippen LogP contribution in [0.15, 0.2) is 36.5 Å². The lowest BCUT2D eigenvalue weighted by Crippen LogP contribution is -2.05. The summed E-state index contributed by atoms with van der Waals surface area (Å²) < 4.78 is 5.41. The second kappa shape index (κ2) is 6.19. The minimum absolute atomic E-state index is 0.143. The zero-order valence-electron chi connectivity index (χ0n) is 11.6. The standard InChI is InChI=1S/C16H17NO3/c1-3-8-20-15-10-17-14(9-13(15)16(18)19)12-6-4-11(2)5-7-12/h4-7,9-10H,3,8H2,1-2H3,(H,18,19). The molecule has 0 saturated heterocycles. The maximum Gasteiger partial charge on any atom is 0.339 e. The first-order valence-electron chi connectivity index (χ1n) is 6.55. The summed E-state index contributed by atoms with van der Waals surface area (Å²) in [6.07, 6.45) is 2.30. The van der Waals surface area contributed by atoms with Crippen molar-refractivity contribution < 1.29 is 14.6 Å². The molecule has 0 amide bonds. The first kappa shape index (κ1) is 14.1. The fourth-order valence-corrected chi connectivity index (χ4v) is 1.82. The summed E-state index contributed by atoms with van der Waals surface area (Å²) in [5.41, 5.74) is 2.81. The highest BCUT2D eigenvalue weighted by molar-refractivity contribution is 5.92. The molecule has 20 heavy (non-hydrogen) atoms. The van der Waals surface area contributed by atoms with E-state index in [1.807, 2.05) is 38.1 Å². The van der Waals surface area contributed by atoms with Crippen LogP contribution in [0.4, 0.5) is 0 Å². The van der Waals surface area contributed by atoms with Gasteiger partial charge in [0.2, 0.25) is 0 Å². The number of rotatable bonds is 5. The Hall–Kier alpha value is -2.36. The van der Waals surface area contributed by atoms with Crippen molar-refractivity contribution in [3.05, 3.63) is 47.7 Å². The molecule has 0 bridgehead atoms. The molecule has 0 unspecified atom stereocenters. The van der Waals surface area contributed by atoms with Gasteiger partial charge in [0.05, 0.1) is 18.5 Å². The van der Waals surface area contributed by atoms with Crippen LogP contribution >= 0.6 is 0 Å². The number of benzene rings is 1. The van der Waals surface area contributed by atoms with Crippen molar-refractivity contribution in [2.45, 2.75) is 20.3 Å². The normalized spacial score (nSPS) is 10.3. The van der Waals surface area contributed by atoms with Gasteiger partial charge in [-0.3, -0.25) is 4.98 Å². The Morgan fingerprint density at radius 3 is 2.60 bits per heavy atom. The van der Waals surface area contributed by atoms with E-state index in [1.165, 1.54) is 6.20 Å². The van der Waals surface area contributed by atoms with E-state index in [0.717, 1.165) is 17.5 Å². The summed E-state index contributed by atoms with van der Waals surface area (Å²) in [7, 11) is 0. The van der Waals surface area contributed by atoms with Gasteiger partial charge >= 0.3 is 5.97 Å². The van der Waals surface area contributed by atoms with Crippen LogP contribution in [0.5, 0.6) is 5.75 Å². The number of aryl methyl sites for hydroxylation is 1. The van der Waals surface area contributed by atoms with Crippen molar-refractivity contribution in [1.29, 1.82) is 0 Å². The van der Waals surface area contributed by atoms with Crippen molar-refractivity contribution in [3.8, 4) is 17.0 Å². The van der Waals surface area contributed by atoms with Gasteiger partial charge in [0.1, 0.15) is 5.56 Å². The zero-order valence-corrected chi connectivity index (χ0v) is 11.6. The molecule has 1 aromatic carbocycles. The summed E-state index contributed by atoms with van der Waals surface area (Å²) in [6.45, 7) is 4.45. The molecule has 0 spiro atoms. The van der Waals surface area contributed by atoms with E-state index in [0.29, 0.717) is 18.1 Å². The molecule has 0 radical (unpaired) electrons. The Kier molecular flexibility index (Phi) is 4.35. The predicted octanol–water partition coefficient (Wildman–Crippen LogP) is 3.54. The number of aromatic carboxylic acids is 1. The van der Waals surface area contributed by atoms with Crippen LogP contribution in [0.1, 0.15) is 29.3 Å². The summed E-state index contributed by atoms with van der Waals surface area (Å²) in [6, 6.07) is 9.35. The van der Waals surface area contributed by atoms with Gasteiger partial charge in [-0.2, -0.15) is 0 Å². The highest BCUT2D eigenvalue weighted by Crippen LogP contribution is 2.24. The summed E-state index contributed by atoms with van der Waals surface area (Å²) in [4.78, 5) is 15.6. The lowest BCUT2D eigenvalue weighted by Gasteiger charge is -2.09. The van der Waals surface area contributed by atoms with Crippen molar-refractivity contribution in [2.24, 2.45) is 0 Å². The molecule has 2 aromatic rings. The third-order valence-corrected chi connectivity index (χ3v) is 2.91. The number of pyridine rings is 1. The molecule has 1 N–H and O–H groups in total. The second-order valence-electron chi connectivity index (χ2n) is 4.59. The first-order chi connectivity index (χ1) is 9.61. The maximum absolute atomic E-state index is 11.3. The number of hydrogen-bond donors (Lipinski definition) is 1. The fraction of sp³-hybridized carbons (Fsp3) is 0.250. The second-order valence-corrected chi connectivity index (χ2v) is 4.59. The first-order valence-corrected chi connectivity index (χ1v) is 6.55. The van der Waals surface area contributed by atoms with Crippen molar-refractivity contribution >= 4 is 5.97 Å². The van der Waals surface area contributed by atoms with Crippen LogP contribution in [0.2, 0.25) is 0 Å². The molecule has 104 valence electrons. The molecular formula is C16H17NO3. The average molecular weight is 271 g/mol. The molecule has 1 aromatic heterocycles. The van der Waals surface area contributed by atoms with Gasteiger partial charge in [0.15, 0.2) is 5.75 Å². The lowest BCUT2D eigenvalue weighted by molar-refractivity contribution is 0.0692. The van der Waals surface area contributed by atoms with Crippen LogP contribution in [0.3, 0.4) is 0 Å². The Balaban J connectivity index is 2.39. The van der Waals surface area contributed by atoms with E-state index in [4.69, 9.17) is 4.74 Å². The highest BCUT2D eigenvalue weighted by atomic mass is 16.5. The fourth-order valence-electron chi connectivity index (χ4n) is 1.82. The molecule has 0 aliphatic heterocycles.